The quantitative estimate of drug-likeness (QED) is 0.131. The molecule has 0 saturated heterocycles. The zero-order valence-electron chi connectivity index (χ0n) is 22.9. The van der Waals surface area contributed by atoms with E-state index < -0.39 is 13.9 Å². The summed E-state index contributed by atoms with van der Waals surface area (Å²) in [5, 5.41) is 0.218. The van der Waals surface area contributed by atoms with Crippen molar-refractivity contribution in [3.8, 4) is 0 Å². The first-order chi connectivity index (χ1) is 15.9. The van der Waals surface area contributed by atoms with E-state index in [2.05, 4.69) is 33.9 Å². The lowest BCUT2D eigenvalue weighted by atomic mass is 10.2. The molecule has 0 aromatic rings. The van der Waals surface area contributed by atoms with Gasteiger partial charge in [0.2, 0.25) is 0 Å². The van der Waals surface area contributed by atoms with Crippen LogP contribution in [0.5, 0.6) is 0 Å². The number of esters is 1. The van der Waals surface area contributed by atoms with Gasteiger partial charge in [0.1, 0.15) is 12.2 Å². The first-order valence-corrected chi connectivity index (χ1v) is 15.1. The van der Waals surface area contributed by atoms with Gasteiger partial charge < -0.3 is 37.6 Å². The van der Waals surface area contributed by atoms with Gasteiger partial charge in [-0.15, -0.1) is 0 Å². The van der Waals surface area contributed by atoms with Crippen molar-refractivity contribution in [2.45, 2.75) is 65.3 Å². The smallest absolute Gasteiger partial charge is 0.332 e. The van der Waals surface area contributed by atoms with Gasteiger partial charge in [-0.05, 0) is 38.9 Å². The van der Waals surface area contributed by atoms with Gasteiger partial charge in [-0.3, -0.25) is 0 Å². The molecule has 0 radical (unpaired) electrons. The summed E-state index contributed by atoms with van der Waals surface area (Å²) in [7, 11) is -1.69. The van der Waals surface area contributed by atoms with Crippen LogP contribution in [0.3, 0.4) is 0 Å². The van der Waals surface area contributed by atoms with Crippen molar-refractivity contribution < 1.29 is 42.4 Å². The van der Waals surface area contributed by atoms with Crippen LogP contribution in [0.15, 0.2) is 0 Å². The van der Waals surface area contributed by atoms with Crippen LogP contribution in [0.25, 0.3) is 0 Å². The van der Waals surface area contributed by atoms with Crippen LogP contribution < -0.4 is 0 Å². The normalized spacial score (nSPS) is 12.8. The van der Waals surface area contributed by atoms with Crippen LogP contribution in [0, 0.1) is 0 Å². The molecular weight excluding hydrogens is 460 g/mol. The van der Waals surface area contributed by atoms with E-state index >= 15 is 0 Å². The predicted octanol–water partition coefficient (Wildman–Crippen LogP) is 3.45. The number of hydrogen-bond acceptors (Lipinski definition) is 9. The maximum Gasteiger partial charge on any atom is 0.332 e. The van der Waals surface area contributed by atoms with Gasteiger partial charge in [0.05, 0.1) is 79.3 Å². The maximum absolute atomic E-state index is 11.5. The zero-order chi connectivity index (χ0) is 25.9. The fourth-order valence-electron chi connectivity index (χ4n) is 2.20. The minimum atomic E-state index is -1.69. The minimum Gasteiger partial charge on any atom is -0.458 e. The summed E-state index contributed by atoms with van der Waals surface area (Å²) in [6.45, 7) is 22.6. The van der Waals surface area contributed by atoms with E-state index in [0.717, 1.165) is 0 Å². The van der Waals surface area contributed by atoms with Gasteiger partial charge in [-0.2, -0.15) is 0 Å². The molecule has 0 saturated carbocycles. The number of carbonyl (C=O) groups excluding carboxylic acids is 1. The monoisotopic (exact) mass is 510 g/mol. The summed E-state index contributed by atoms with van der Waals surface area (Å²) in [6.07, 6.45) is 0. The fourth-order valence-corrected chi connectivity index (χ4v) is 3.22. The second kappa shape index (κ2) is 18.6. The topological polar surface area (TPSA) is 90.9 Å². The third-order valence-corrected chi connectivity index (χ3v) is 9.53. The van der Waals surface area contributed by atoms with E-state index in [4.69, 9.17) is 37.6 Å². The minimum absolute atomic E-state index is 0.0718. The molecule has 0 fully saturated rings. The van der Waals surface area contributed by atoms with Crippen molar-refractivity contribution in [2.75, 3.05) is 85.9 Å². The SMILES string of the molecule is CC(C)(C)OC(=O)COCCOCCOCCOCCOCCOCCO[Si](C)(C)C(C)(C)C. The molecule has 0 aliphatic rings. The summed E-state index contributed by atoms with van der Waals surface area (Å²) in [5.74, 6) is -0.378. The van der Waals surface area contributed by atoms with Crippen molar-refractivity contribution in [1.82, 2.24) is 0 Å². The molecule has 0 N–H and O–H groups in total. The van der Waals surface area contributed by atoms with Crippen molar-refractivity contribution >= 4 is 14.3 Å². The van der Waals surface area contributed by atoms with Crippen LogP contribution in [0.1, 0.15) is 41.5 Å². The van der Waals surface area contributed by atoms with Crippen LogP contribution in [-0.4, -0.2) is 106 Å². The Morgan fingerprint density at radius 3 is 1.21 bits per heavy atom. The van der Waals surface area contributed by atoms with Gasteiger partial charge in [0, 0.05) is 0 Å². The summed E-state index contributed by atoms with van der Waals surface area (Å²) in [5.41, 5.74) is -0.499. The average Bonchev–Trinajstić information content (AvgIpc) is 2.70. The lowest BCUT2D eigenvalue weighted by molar-refractivity contribution is -0.160. The number of ether oxygens (including phenoxy) is 7. The Hall–Kier alpha value is -0.593. The Balaban J connectivity index is 3.26. The maximum atomic E-state index is 11.5. The molecule has 10 heteroatoms. The molecule has 0 aliphatic carbocycles. The van der Waals surface area contributed by atoms with Gasteiger partial charge >= 0.3 is 5.97 Å². The van der Waals surface area contributed by atoms with Crippen LogP contribution in [-0.2, 0) is 42.4 Å². The number of carbonyl (C=O) groups is 1. The molecule has 34 heavy (non-hydrogen) atoms. The van der Waals surface area contributed by atoms with E-state index in [0.29, 0.717) is 79.3 Å². The highest BCUT2D eigenvalue weighted by atomic mass is 28.4. The number of rotatable bonds is 21. The molecular formula is C24H50O9Si. The van der Waals surface area contributed by atoms with E-state index in [1.54, 1.807) is 0 Å². The molecule has 204 valence electrons. The molecule has 0 aromatic heterocycles. The second-order valence-electron chi connectivity index (χ2n) is 10.3. The first-order valence-electron chi connectivity index (χ1n) is 12.2. The molecule has 0 rings (SSSR count). The molecule has 0 spiro atoms. The summed E-state index contributed by atoms with van der Waals surface area (Å²) in [4.78, 5) is 11.5. The Morgan fingerprint density at radius 2 is 0.882 bits per heavy atom. The molecule has 0 heterocycles. The summed E-state index contributed by atoms with van der Waals surface area (Å²) in [6, 6.07) is 0. The zero-order valence-corrected chi connectivity index (χ0v) is 23.9. The fraction of sp³-hybridized carbons (Fsp3) is 0.958. The molecule has 0 aliphatic heterocycles. The highest BCUT2D eigenvalue weighted by molar-refractivity contribution is 6.74. The van der Waals surface area contributed by atoms with Crippen molar-refractivity contribution in [3.05, 3.63) is 0 Å². The van der Waals surface area contributed by atoms with Crippen LogP contribution in [0.2, 0.25) is 18.1 Å². The molecule has 0 bridgehead atoms. The Labute approximate surface area is 208 Å². The van der Waals surface area contributed by atoms with Gasteiger partial charge in [0.15, 0.2) is 8.32 Å². The highest BCUT2D eigenvalue weighted by Gasteiger charge is 2.36. The molecule has 0 atom stereocenters. The largest absolute Gasteiger partial charge is 0.458 e. The molecule has 0 unspecified atom stereocenters. The number of hydrogen-bond donors (Lipinski definition) is 0. The third-order valence-electron chi connectivity index (χ3n) is 5.00. The summed E-state index contributed by atoms with van der Waals surface area (Å²) >= 11 is 0. The van der Waals surface area contributed by atoms with Gasteiger partial charge in [-0.1, -0.05) is 20.8 Å². The standard InChI is InChI=1S/C24H50O9Si/c1-23(2,3)33-22(25)21-31-18-17-29-14-13-27-10-9-26-11-12-28-15-16-30-19-20-32-34(7,8)24(4,5)6/h9-21H2,1-8H3. The van der Waals surface area contributed by atoms with Gasteiger partial charge in [0.25, 0.3) is 0 Å². The molecule has 0 amide bonds. The lowest BCUT2D eigenvalue weighted by Crippen LogP contribution is -2.41. The molecule has 0 aromatic carbocycles. The lowest BCUT2D eigenvalue weighted by Gasteiger charge is -2.36. The third kappa shape index (κ3) is 20.8. The Morgan fingerprint density at radius 1 is 0.559 bits per heavy atom. The van der Waals surface area contributed by atoms with Crippen molar-refractivity contribution in [1.29, 1.82) is 0 Å². The van der Waals surface area contributed by atoms with Gasteiger partial charge in [-0.25, -0.2) is 4.79 Å². The highest BCUT2D eigenvalue weighted by Crippen LogP contribution is 2.36. The average molecular weight is 511 g/mol. The van der Waals surface area contributed by atoms with Crippen molar-refractivity contribution in [2.24, 2.45) is 0 Å². The van der Waals surface area contributed by atoms with Crippen LogP contribution in [0.4, 0.5) is 0 Å². The summed E-state index contributed by atoms with van der Waals surface area (Å²) < 4.78 is 43.7. The first kappa shape index (κ1) is 33.4. The molecule has 9 nitrogen and oxygen atoms in total. The second-order valence-corrected chi connectivity index (χ2v) is 15.1. The van der Waals surface area contributed by atoms with E-state index in [1.807, 2.05) is 20.8 Å². The Kier molecular flexibility index (Phi) is 18.3. The van der Waals surface area contributed by atoms with E-state index in [-0.39, 0.29) is 17.6 Å². The Bertz CT molecular complexity index is 502. The predicted molar refractivity (Wildman–Crippen MR) is 134 cm³/mol. The van der Waals surface area contributed by atoms with E-state index in [9.17, 15) is 4.79 Å². The van der Waals surface area contributed by atoms with E-state index in [1.165, 1.54) is 0 Å². The van der Waals surface area contributed by atoms with Crippen LogP contribution >= 0.6 is 0 Å². The van der Waals surface area contributed by atoms with Crippen molar-refractivity contribution in [3.63, 3.8) is 0 Å².